The van der Waals surface area contributed by atoms with Crippen LogP contribution >= 0.6 is 0 Å². The number of rotatable bonds is 11. The summed E-state index contributed by atoms with van der Waals surface area (Å²) in [5.41, 5.74) is 1.17. The lowest BCUT2D eigenvalue weighted by molar-refractivity contribution is 0.262. The minimum atomic E-state index is 0.310. The van der Waals surface area contributed by atoms with Gasteiger partial charge >= 0.3 is 0 Å². The number of benzene rings is 1. The molecule has 2 heteroatoms. The molecule has 1 atom stereocenters. The second-order valence-corrected chi connectivity index (χ2v) is 5.76. The maximum Gasteiger partial charge on any atom is 0.126 e. The second kappa shape index (κ2) is 9.62. The fraction of sp³-hybridized carbons (Fsp3) is 0.579. The van der Waals surface area contributed by atoms with Crippen molar-refractivity contribution in [3.63, 3.8) is 0 Å². The van der Waals surface area contributed by atoms with Gasteiger partial charge in [0.25, 0.3) is 0 Å². The van der Waals surface area contributed by atoms with Crippen LogP contribution in [-0.4, -0.2) is 19.3 Å². The summed E-state index contributed by atoms with van der Waals surface area (Å²) in [5, 5.41) is 0. The predicted molar refractivity (Wildman–Crippen MR) is 88.7 cm³/mol. The molecule has 0 N–H and O–H groups in total. The third kappa shape index (κ3) is 6.81. The molecule has 1 aromatic rings. The SMILES string of the molecule is CCCCCCCC/C=C/c1ccccc1OCC1CO1. The van der Waals surface area contributed by atoms with Crippen molar-refractivity contribution in [2.45, 2.75) is 58.0 Å². The number of hydrogen-bond acceptors (Lipinski definition) is 2. The smallest absolute Gasteiger partial charge is 0.126 e. The number of allylic oxidation sites excluding steroid dienone is 1. The zero-order chi connectivity index (χ0) is 14.8. The molecule has 1 aliphatic rings. The lowest BCUT2D eigenvalue weighted by Crippen LogP contribution is -2.04. The van der Waals surface area contributed by atoms with E-state index in [0.29, 0.717) is 12.7 Å². The van der Waals surface area contributed by atoms with E-state index in [1.54, 1.807) is 0 Å². The van der Waals surface area contributed by atoms with Crippen molar-refractivity contribution in [2.75, 3.05) is 13.2 Å². The molecule has 1 unspecified atom stereocenters. The molecule has 1 fully saturated rings. The van der Waals surface area contributed by atoms with Gasteiger partial charge in [-0.1, -0.05) is 69.4 Å². The molecule has 116 valence electrons. The van der Waals surface area contributed by atoms with Crippen molar-refractivity contribution in [3.05, 3.63) is 35.9 Å². The minimum absolute atomic E-state index is 0.310. The molecular weight excluding hydrogens is 260 g/mol. The van der Waals surface area contributed by atoms with E-state index in [9.17, 15) is 0 Å². The van der Waals surface area contributed by atoms with Crippen molar-refractivity contribution < 1.29 is 9.47 Å². The van der Waals surface area contributed by atoms with E-state index < -0.39 is 0 Å². The standard InChI is InChI=1S/C19H28O2/c1-2-3-4-5-6-7-8-9-12-17-13-10-11-14-19(17)21-16-18-15-20-18/h9-14,18H,2-8,15-16H2,1H3/b12-9+. The average Bonchev–Trinajstić information content (AvgIpc) is 3.33. The summed E-state index contributed by atoms with van der Waals surface area (Å²) in [4.78, 5) is 0. The first kappa shape index (κ1) is 16.1. The van der Waals surface area contributed by atoms with Crippen LogP contribution in [0.5, 0.6) is 5.75 Å². The highest BCUT2D eigenvalue weighted by molar-refractivity contribution is 5.57. The van der Waals surface area contributed by atoms with Crippen molar-refractivity contribution in [1.29, 1.82) is 0 Å². The molecule has 0 saturated carbocycles. The van der Waals surface area contributed by atoms with Crippen LogP contribution in [-0.2, 0) is 4.74 Å². The maximum atomic E-state index is 5.81. The van der Waals surface area contributed by atoms with Gasteiger partial charge in [0.1, 0.15) is 18.5 Å². The Morgan fingerprint density at radius 1 is 1.14 bits per heavy atom. The highest BCUT2D eigenvalue weighted by Crippen LogP contribution is 2.22. The van der Waals surface area contributed by atoms with Crippen LogP contribution in [0.2, 0.25) is 0 Å². The summed E-state index contributed by atoms with van der Waals surface area (Å²) in [6.45, 7) is 3.77. The summed E-state index contributed by atoms with van der Waals surface area (Å²) < 4.78 is 11.0. The molecule has 1 aliphatic heterocycles. The fourth-order valence-corrected chi connectivity index (χ4v) is 2.35. The number of hydrogen-bond donors (Lipinski definition) is 0. The van der Waals surface area contributed by atoms with Gasteiger partial charge in [-0.2, -0.15) is 0 Å². The van der Waals surface area contributed by atoms with E-state index >= 15 is 0 Å². The van der Waals surface area contributed by atoms with Gasteiger partial charge in [0, 0.05) is 5.56 Å². The zero-order valence-corrected chi connectivity index (χ0v) is 13.2. The van der Waals surface area contributed by atoms with Gasteiger partial charge in [0.15, 0.2) is 0 Å². The second-order valence-electron chi connectivity index (χ2n) is 5.76. The zero-order valence-electron chi connectivity index (χ0n) is 13.2. The quantitative estimate of drug-likeness (QED) is 0.411. The van der Waals surface area contributed by atoms with Crippen LogP contribution in [0.25, 0.3) is 6.08 Å². The van der Waals surface area contributed by atoms with Crippen LogP contribution in [0.15, 0.2) is 30.3 Å². The average molecular weight is 288 g/mol. The van der Waals surface area contributed by atoms with Gasteiger partial charge in [0.2, 0.25) is 0 Å². The molecule has 0 amide bonds. The Bertz CT molecular complexity index is 421. The van der Waals surface area contributed by atoms with Crippen LogP contribution in [0.3, 0.4) is 0 Å². The lowest BCUT2D eigenvalue weighted by Gasteiger charge is -2.07. The van der Waals surface area contributed by atoms with E-state index in [1.165, 1.54) is 44.1 Å². The number of epoxide rings is 1. The molecular formula is C19H28O2. The topological polar surface area (TPSA) is 21.8 Å². The Morgan fingerprint density at radius 3 is 2.71 bits per heavy atom. The molecule has 1 heterocycles. The monoisotopic (exact) mass is 288 g/mol. The largest absolute Gasteiger partial charge is 0.490 e. The lowest BCUT2D eigenvalue weighted by atomic mass is 10.1. The van der Waals surface area contributed by atoms with Gasteiger partial charge in [-0.3, -0.25) is 0 Å². The molecule has 21 heavy (non-hydrogen) atoms. The van der Waals surface area contributed by atoms with E-state index in [4.69, 9.17) is 9.47 Å². The number of para-hydroxylation sites is 1. The predicted octanol–water partition coefficient (Wildman–Crippen LogP) is 5.23. The summed E-state index contributed by atoms with van der Waals surface area (Å²) in [7, 11) is 0. The first-order chi connectivity index (χ1) is 10.4. The third-order valence-electron chi connectivity index (χ3n) is 3.77. The van der Waals surface area contributed by atoms with Gasteiger partial charge in [0.05, 0.1) is 6.61 Å². The first-order valence-corrected chi connectivity index (χ1v) is 8.40. The maximum absolute atomic E-state index is 5.81. The Balaban J connectivity index is 1.67. The number of ether oxygens (including phenoxy) is 2. The molecule has 0 radical (unpaired) electrons. The molecule has 1 aromatic carbocycles. The Hall–Kier alpha value is -1.28. The normalized spacial score (nSPS) is 17.3. The Labute approximate surface area is 129 Å². The van der Waals surface area contributed by atoms with Crippen LogP contribution in [0, 0.1) is 0 Å². The summed E-state index contributed by atoms with van der Waals surface area (Å²) in [6.07, 6.45) is 14.0. The highest BCUT2D eigenvalue weighted by Gasteiger charge is 2.23. The van der Waals surface area contributed by atoms with Crippen molar-refractivity contribution in [1.82, 2.24) is 0 Å². The fourth-order valence-electron chi connectivity index (χ4n) is 2.35. The van der Waals surface area contributed by atoms with E-state index in [-0.39, 0.29) is 0 Å². The Kier molecular flexibility index (Phi) is 7.37. The van der Waals surface area contributed by atoms with E-state index in [1.807, 2.05) is 12.1 Å². The van der Waals surface area contributed by atoms with Gasteiger partial charge in [-0.15, -0.1) is 0 Å². The molecule has 0 bridgehead atoms. The molecule has 0 aromatic heterocycles. The molecule has 2 rings (SSSR count). The first-order valence-electron chi connectivity index (χ1n) is 8.40. The molecule has 2 nitrogen and oxygen atoms in total. The summed E-state index contributed by atoms with van der Waals surface area (Å²) in [6, 6.07) is 8.23. The van der Waals surface area contributed by atoms with Crippen LogP contribution in [0.4, 0.5) is 0 Å². The number of unbranched alkanes of at least 4 members (excludes halogenated alkanes) is 6. The van der Waals surface area contributed by atoms with Crippen LogP contribution in [0.1, 0.15) is 57.4 Å². The highest BCUT2D eigenvalue weighted by atomic mass is 16.6. The van der Waals surface area contributed by atoms with E-state index in [2.05, 4.69) is 31.2 Å². The minimum Gasteiger partial charge on any atom is -0.490 e. The molecule has 0 spiro atoms. The van der Waals surface area contributed by atoms with Gasteiger partial charge < -0.3 is 9.47 Å². The summed E-state index contributed by atoms with van der Waals surface area (Å²) >= 11 is 0. The van der Waals surface area contributed by atoms with Crippen molar-refractivity contribution in [3.8, 4) is 5.75 Å². The Morgan fingerprint density at radius 2 is 1.90 bits per heavy atom. The van der Waals surface area contributed by atoms with Crippen molar-refractivity contribution >= 4 is 6.08 Å². The van der Waals surface area contributed by atoms with Gasteiger partial charge in [-0.05, 0) is 18.9 Å². The van der Waals surface area contributed by atoms with Crippen LogP contribution < -0.4 is 4.74 Å². The van der Waals surface area contributed by atoms with E-state index in [0.717, 1.165) is 18.8 Å². The summed E-state index contributed by atoms with van der Waals surface area (Å²) in [5.74, 6) is 0.965. The third-order valence-corrected chi connectivity index (χ3v) is 3.77. The van der Waals surface area contributed by atoms with Crippen molar-refractivity contribution in [2.24, 2.45) is 0 Å². The molecule has 1 saturated heterocycles. The molecule has 0 aliphatic carbocycles. The van der Waals surface area contributed by atoms with Gasteiger partial charge in [-0.25, -0.2) is 0 Å².